The van der Waals surface area contributed by atoms with Crippen LogP contribution in [0.2, 0.25) is 0 Å². The van der Waals surface area contributed by atoms with Gasteiger partial charge in [-0.05, 0) is 31.5 Å². The van der Waals surface area contributed by atoms with E-state index in [1.54, 1.807) is 11.3 Å². The zero-order valence-corrected chi connectivity index (χ0v) is 15.8. The van der Waals surface area contributed by atoms with Crippen molar-refractivity contribution < 1.29 is 9.47 Å². The molecule has 1 aromatic carbocycles. The molecule has 27 heavy (non-hydrogen) atoms. The summed E-state index contributed by atoms with van der Waals surface area (Å²) in [6.07, 6.45) is 0.771. The Morgan fingerprint density at radius 2 is 2.15 bits per heavy atom. The van der Waals surface area contributed by atoms with Crippen molar-refractivity contribution in [1.82, 2.24) is 19.6 Å². The van der Waals surface area contributed by atoms with E-state index in [0.29, 0.717) is 18.1 Å². The molecule has 0 unspecified atom stereocenters. The summed E-state index contributed by atoms with van der Waals surface area (Å²) in [7, 11) is 0. The lowest BCUT2D eigenvalue weighted by atomic mass is 9.94. The topological polar surface area (TPSA) is 81.5 Å². The lowest BCUT2D eigenvalue weighted by molar-refractivity contribution is -0.0379. The van der Waals surface area contributed by atoms with Crippen LogP contribution in [-0.2, 0) is 24.4 Å². The summed E-state index contributed by atoms with van der Waals surface area (Å²) in [6.45, 7) is 4.90. The highest BCUT2D eigenvalue weighted by Crippen LogP contribution is 2.39. The average Bonchev–Trinajstić information content (AvgIpc) is 3.21. The summed E-state index contributed by atoms with van der Waals surface area (Å²) >= 11 is 1.56. The third-order valence-electron chi connectivity index (χ3n) is 4.69. The Morgan fingerprint density at radius 1 is 1.33 bits per heavy atom. The number of nitrogens with one attached hydrogen (secondary N) is 1. The number of para-hydroxylation sites is 1. The van der Waals surface area contributed by atoms with E-state index < -0.39 is 0 Å². The first-order valence-electron chi connectivity index (χ1n) is 8.74. The van der Waals surface area contributed by atoms with E-state index in [0.717, 1.165) is 27.3 Å². The number of hydrogen-bond acceptors (Lipinski definition) is 6. The molecule has 0 amide bonds. The normalized spacial score (nSPS) is 15.9. The maximum Gasteiger partial charge on any atom is 0.349 e. The van der Waals surface area contributed by atoms with Crippen molar-refractivity contribution in [1.29, 1.82) is 0 Å². The minimum atomic E-state index is -0.297. The Balaban J connectivity index is 1.61. The smallest absolute Gasteiger partial charge is 0.349 e. The summed E-state index contributed by atoms with van der Waals surface area (Å²) in [5.74, 6) is 1.21. The second-order valence-electron chi connectivity index (χ2n) is 7.23. The van der Waals surface area contributed by atoms with Crippen LogP contribution in [-0.4, -0.2) is 25.2 Å². The molecular formula is C19H18N4O3S. The predicted octanol–water partition coefficient (Wildman–Crippen LogP) is 3.06. The van der Waals surface area contributed by atoms with Gasteiger partial charge >= 0.3 is 5.69 Å². The molecule has 4 aromatic rings. The van der Waals surface area contributed by atoms with Crippen molar-refractivity contribution in [2.75, 3.05) is 0 Å². The van der Waals surface area contributed by atoms with Crippen LogP contribution in [0.15, 0.2) is 35.1 Å². The molecule has 5 rings (SSSR count). The van der Waals surface area contributed by atoms with E-state index >= 15 is 0 Å². The van der Waals surface area contributed by atoms with Gasteiger partial charge in [0, 0.05) is 11.3 Å². The Kier molecular flexibility index (Phi) is 3.60. The highest BCUT2D eigenvalue weighted by Gasteiger charge is 2.31. The lowest BCUT2D eigenvalue weighted by Gasteiger charge is -2.30. The Hall–Kier alpha value is -2.71. The van der Waals surface area contributed by atoms with Crippen molar-refractivity contribution in [3.05, 3.63) is 57.1 Å². The standard InChI is InChI=1S/C19H18N4O3S/c1-19(2)8-12-13(9-26-19)27-17-15(12)16-20-14(22-23(16)18(24)21-17)10-25-11-6-4-3-5-7-11/h3-7H,8-10H2,1-2H3,(H,21,24). The SMILES string of the molecule is CC1(C)Cc2c(sc3[nH]c(=O)n4nc(COc5ccccc5)nc4c23)CO1. The van der Waals surface area contributed by atoms with Gasteiger partial charge < -0.3 is 9.47 Å². The molecule has 1 aliphatic rings. The fourth-order valence-electron chi connectivity index (χ4n) is 3.41. The van der Waals surface area contributed by atoms with Gasteiger partial charge in [-0.3, -0.25) is 4.98 Å². The minimum absolute atomic E-state index is 0.202. The minimum Gasteiger partial charge on any atom is -0.486 e. The van der Waals surface area contributed by atoms with Crippen LogP contribution in [0.4, 0.5) is 0 Å². The van der Waals surface area contributed by atoms with Crippen molar-refractivity contribution in [2.24, 2.45) is 0 Å². The first kappa shape index (κ1) is 16.5. The molecule has 1 aliphatic heterocycles. The maximum atomic E-state index is 12.5. The molecule has 0 spiro atoms. The van der Waals surface area contributed by atoms with Gasteiger partial charge in [0.2, 0.25) is 0 Å². The quantitative estimate of drug-likeness (QED) is 0.589. The summed E-state index contributed by atoms with van der Waals surface area (Å²) in [5, 5.41) is 5.31. The van der Waals surface area contributed by atoms with Gasteiger partial charge in [-0.15, -0.1) is 16.4 Å². The number of thiophene rings is 1. The molecule has 0 radical (unpaired) electrons. The second kappa shape index (κ2) is 5.90. The van der Waals surface area contributed by atoms with Crippen molar-refractivity contribution in [3.63, 3.8) is 0 Å². The molecule has 8 heteroatoms. The molecule has 4 heterocycles. The number of rotatable bonds is 3. The van der Waals surface area contributed by atoms with Gasteiger partial charge in [-0.1, -0.05) is 18.2 Å². The van der Waals surface area contributed by atoms with E-state index in [1.807, 2.05) is 30.3 Å². The molecule has 7 nitrogen and oxygen atoms in total. The number of fused-ring (bicyclic) bond motifs is 5. The molecular weight excluding hydrogens is 364 g/mol. The van der Waals surface area contributed by atoms with E-state index in [4.69, 9.17) is 9.47 Å². The largest absolute Gasteiger partial charge is 0.486 e. The highest BCUT2D eigenvalue weighted by atomic mass is 32.1. The van der Waals surface area contributed by atoms with E-state index in [1.165, 1.54) is 10.1 Å². The van der Waals surface area contributed by atoms with Gasteiger partial charge in [0.1, 0.15) is 17.2 Å². The Morgan fingerprint density at radius 3 is 2.96 bits per heavy atom. The number of aromatic amines is 1. The third kappa shape index (κ3) is 2.81. The van der Waals surface area contributed by atoms with Crippen LogP contribution in [0.3, 0.4) is 0 Å². The molecule has 1 N–H and O–H groups in total. The number of nitrogens with zero attached hydrogens (tertiary/aromatic N) is 3. The van der Waals surface area contributed by atoms with Crippen LogP contribution in [0.1, 0.15) is 30.1 Å². The van der Waals surface area contributed by atoms with E-state index in [-0.39, 0.29) is 17.9 Å². The number of H-pyrrole nitrogens is 1. The number of hydrogen-bond donors (Lipinski definition) is 1. The first-order chi connectivity index (χ1) is 13.0. The number of benzene rings is 1. The molecule has 0 bridgehead atoms. The van der Waals surface area contributed by atoms with E-state index in [2.05, 4.69) is 28.9 Å². The monoisotopic (exact) mass is 382 g/mol. The second-order valence-corrected chi connectivity index (χ2v) is 8.33. The van der Waals surface area contributed by atoms with Crippen LogP contribution in [0.25, 0.3) is 15.9 Å². The Bertz CT molecular complexity index is 1210. The van der Waals surface area contributed by atoms with Crippen molar-refractivity contribution >= 4 is 27.2 Å². The summed E-state index contributed by atoms with van der Waals surface area (Å²) in [5.41, 5.74) is 1.23. The van der Waals surface area contributed by atoms with Crippen molar-refractivity contribution in [3.8, 4) is 5.75 Å². The van der Waals surface area contributed by atoms with Gasteiger partial charge in [-0.25, -0.2) is 9.78 Å². The lowest BCUT2D eigenvalue weighted by Crippen LogP contribution is -2.31. The zero-order chi connectivity index (χ0) is 18.6. The number of aromatic nitrogens is 4. The predicted molar refractivity (Wildman–Crippen MR) is 102 cm³/mol. The average molecular weight is 382 g/mol. The van der Waals surface area contributed by atoms with E-state index in [9.17, 15) is 4.79 Å². The fourth-order valence-corrected chi connectivity index (χ4v) is 4.53. The third-order valence-corrected chi connectivity index (χ3v) is 5.81. The molecule has 0 aliphatic carbocycles. The molecule has 0 fully saturated rings. The first-order valence-corrected chi connectivity index (χ1v) is 9.56. The van der Waals surface area contributed by atoms with Crippen LogP contribution in [0, 0.1) is 0 Å². The molecule has 0 saturated heterocycles. The summed E-state index contributed by atoms with van der Waals surface area (Å²) < 4.78 is 13.0. The van der Waals surface area contributed by atoms with Gasteiger partial charge in [0.25, 0.3) is 0 Å². The van der Waals surface area contributed by atoms with Crippen molar-refractivity contribution in [2.45, 2.75) is 39.1 Å². The molecule has 138 valence electrons. The molecule has 0 saturated carbocycles. The highest BCUT2D eigenvalue weighted by molar-refractivity contribution is 7.19. The maximum absolute atomic E-state index is 12.5. The van der Waals surface area contributed by atoms with Crippen LogP contribution >= 0.6 is 11.3 Å². The molecule has 3 aromatic heterocycles. The van der Waals surface area contributed by atoms with Crippen LogP contribution in [0.5, 0.6) is 5.75 Å². The van der Waals surface area contributed by atoms with Gasteiger partial charge in [0.05, 0.1) is 17.6 Å². The van der Waals surface area contributed by atoms with Crippen LogP contribution < -0.4 is 10.4 Å². The summed E-state index contributed by atoms with van der Waals surface area (Å²) in [6, 6.07) is 9.48. The fraction of sp³-hybridized carbons (Fsp3) is 0.316. The summed E-state index contributed by atoms with van der Waals surface area (Å²) in [4.78, 5) is 22.0. The van der Waals surface area contributed by atoms with Gasteiger partial charge in [-0.2, -0.15) is 4.52 Å². The molecule has 0 atom stereocenters. The Labute approximate surface area is 158 Å². The number of ether oxygens (including phenoxy) is 2. The van der Waals surface area contributed by atoms with Gasteiger partial charge in [0.15, 0.2) is 11.5 Å². The zero-order valence-electron chi connectivity index (χ0n) is 15.0.